The summed E-state index contributed by atoms with van der Waals surface area (Å²) in [6.07, 6.45) is 5.76. The van der Waals surface area contributed by atoms with E-state index in [4.69, 9.17) is 4.42 Å². The maximum atomic E-state index is 10.7. The smallest absolute Gasteiger partial charge is 0.335 e. The van der Waals surface area contributed by atoms with Crippen molar-refractivity contribution >= 4 is 0 Å². The molecule has 0 aliphatic carbocycles. The highest BCUT2D eigenvalue weighted by Crippen LogP contribution is 1.97. The molecule has 0 N–H and O–H groups in total. The highest BCUT2D eigenvalue weighted by Gasteiger charge is 1.90. The van der Waals surface area contributed by atoms with Crippen molar-refractivity contribution in [3.8, 4) is 0 Å². The molecular weight excluding hydrogens is 152 g/mol. The molecule has 0 spiro atoms. The van der Waals surface area contributed by atoms with Gasteiger partial charge in [0.1, 0.15) is 5.76 Å². The maximum Gasteiger partial charge on any atom is 0.335 e. The van der Waals surface area contributed by atoms with Crippen LogP contribution in [0, 0.1) is 0 Å². The fourth-order valence-electron chi connectivity index (χ4n) is 0.907. The maximum absolute atomic E-state index is 10.7. The molecule has 1 rings (SSSR count). The molecule has 0 unspecified atom stereocenters. The van der Waals surface area contributed by atoms with Gasteiger partial charge in [-0.2, -0.15) is 0 Å². The van der Waals surface area contributed by atoms with Gasteiger partial charge in [-0.25, -0.2) is 4.79 Å². The molecule has 1 heterocycles. The molecule has 0 saturated carbocycles. The third-order valence-electron chi connectivity index (χ3n) is 1.47. The first kappa shape index (κ1) is 8.78. The van der Waals surface area contributed by atoms with Crippen molar-refractivity contribution in [3.63, 3.8) is 0 Å². The Morgan fingerprint density at radius 1 is 1.42 bits per heavy atom. The Morgan fingerprint density at radius 3 is 2.92 bits per heavy atom. The van der Waals surface area contributed by atoms with E-state index in [1.54, 1.807) is 12.1 Å². The molecule has 1 aromatic heterocycles. The normalized spacial score (nSPS) is 10.8. The van der Waals surface area contributed by atoms with Crippen molar-refractivity contribution < 1.29 is 4.42 Å². The average Bonchev–Trinajstić information content (AvgIpc) is 2.05. The zero-order chi connectivity index (χ0) is 8.81. The molecule has 2 nitrogen and oxygen atoms in total. The lowest BCUT2D eigenvalue weighted by Gasteiger charge is -1.91. The summed E-state index contributed by atoms with van der Waals surface area (Å²) in [7, 11) is 0. The summed E-state index contributed by atoms with van der Waals surface area (Å²) < 4.78 is 4.92. The van der Waals surface area contributed by atoms with Crippen LogP contribution >= 0.6 is 0 Å². The standard InChI is InChI=1S/C10H12O2/c1-2-3-4-6-9-7-5-8-10(11)12-9/h3-5,7-8H,2,6H2,1H3. The van der Waals surface area contributed by atoms with Crippen molar-refractivity contribution in [3.05, 3.63) is 46.5 Å². The molecule has 12 heavy (non-hydrogen) atoms. The van der Waals surface area contributed by atoms with Gasteiger partial charge in [0.2, 0.25) is 0 Å². The summed E-state index contributed by atoms with van der Waals surface area (Å²) in [5, 5.41) is 0. The third-order valence-corrected chi connectivity index (χ3v) is 1.47. The van der Waals surface area contributed by atoms with Gasteiger partial charge in [0.25, 0.3) is 0 Å². The summed E-state index contributed by atoms with van der Waals surface area (Å²) in [5.74, 6) is 0.715. The second-order valence-corrected chi connectivity index (χ2v) is 2.50. The van der Waals surface area contributed by atoms with Crippen molar-refractivity contribution in [2.45, 2.75) is 19.8 Å². The van der Waals surface area contributed by atoms with Crippen molar-refractivity contribution in [1.82, 2.24) is 0 Å². The van der Waals surface area contributed by atoms with Gasteiger partial charge in [-0.1, -0.05) is 25.1 Å². The molecule has 0 radical (unpaired) electrons. The van der Waals surface area contributed by atoms with Gasteiger partial charge in [0, 0.05) is 12.5 Å². The molecule has 0 aliphatic heterocycles. The third kappa shape index (κ3) is 2.74. The molecule has 64 valence electrons. The lowest BCUT2D eigenvalue weighted by atomic mass is 10.3. The van der Waals surface area contributed by atoms with Gasteiger partial charge in [-0.15, -0.1) is 0 Å². The van der Waals surface area contributed by atoms with Gasteiger partial charge >= 0.3 is 5.63 Å². The summed E-state index contributed by atoms with van der Waals surface area (Å²) >= 11 is 0. The SMILES string of the molecule is CCC=CCc1cccc(=O)o1. The monoisotopic (exact) mass is 164 g/mol. The Kier molecular flexibility index (Phi) is 3.33. The molecule has 2 heteroatoms. The first-order valence-corrected chi connectivity index (χ1v) is 4.07. The Labute approximate surface area is 71.5 Å². The van der Waals surface area contributed by atoms with E-state index in [0.29, 0.717) is 12.2 Å². The van der Waals surface area contributed by atoms with Crippen molar-refractivity contribution in [2.75, 3.05) is 0 Å². The van der Waals surface area contributed by atoms with E-state index in [9.17, 15) is 4.79 Å². The lowest BCUT2D eigenvalue weighted by Crippen LogP contribution is -1.96. The van der Waals surface area contributed by atoms with Crippen LogP contribution in [-0.2, 0) is 6.42 Å². The van der Waals surface area contributed by atoms with E-state index >= 15 is 0 Å². The van der Waals surface area contributed by atoms with Gasteiger partial charge in [-0.3, -0.25) is 0 Å². The van der Waals surface area contributed by atoms with Gasteiger partial charge in [0.05, 0.1) is 0 Å². The fraction of sp³-hybridized carbons (Fsp3) is 0.300. The summed E-state index contributed by atoms with van der Waals surface area (Å²) in [5.41, 5.74) is -0.280. The highest BCUT2D eigenvalue weighted by molar-refractivity contribution is 5.03. The Hall–Kier alpha value is -1.31. The van der Waals surface area contributed by atoms with E-state index in [-0.39, 0.29) is 5.63 Å². The van der Waals surface area contributed by atoms with Gasteiger partial charge in [0.15, 0.2) is 0 Å². The first-order chi connectivity index (χ1) is 5.83. The van der Waals surface area contributed by atoms with E-state index < -0.39 is 0 Å². The number of hydrogen-bond acceptors (Lipinski definition) is 2. The van der Waals surface area contributed by atoms with E-state index in [1.165, 1.54) is 6.07 Å². The zero-order valence-electron chi connectivity index (χ0n) is 7.12. The highest BCUT2D eigenvalue weighted by atomic mass is 16.4. The molecule has 0 saturated heterocycles. The Morgan fingerprint density at radius 2 is 2.25 bits per heavy atom. The first-order valence-electron chi connectivity index (χ1n) is 4.07. The van der Waals surface area contributed by atoms with Crippen LogP contribution in [0.15, 0.2) is 39.6 Å². The second-order valence-electron chi connectivity index (χ2n) is 2.50. The molecular formula is C10H12O2. The molecule has 0 atom stereocenters. The fourth-order valence-corrected chi connectivity index (χ4v) is 0.907. The molecule has 0 bridgehead atoms. The quantitative estimate of drug-likeness (QED) is 0.641. The van der Waals surface area contributed by atoms with Gasteiger partial charge in [-0.05, 0) is 12.5 Å². The molecule has 0 aromatic carbocycles. The molecule has 1 aromatic rings. The minimum absolute atomic E-state index is 0.280. The molecule has 0 amide bonds. The summed E-state index contributed by atoms with van der Waals surface area (Å²) in [6, 6.07) is 4.93. The number of rotatable bonds is 3. The van der Waals surface area contributed by atoms with Crippen LogP contribution in [0.2, 0.25) is 0 Å². The largest absolute Gasteiger partial charge is 0.428 e. The van der Waals surface area contributed by atoms with Crippen LogP contribution < -0.4 is 5.63 Å². The number of allylic oxidation sites excluding steroid dienone is 2. The lowest BCUT2D eigenvalue weighted by molar-refractivity contribution is 0.470. The second kappa shape index (κ2) is 4.54. The number of hydrogen-bond donors (Lipinski definition) is 0. The van der Waals surface area contributed by atoms with Crippen LogP contribution in [0.5, 0.6) is 0 Å². The van der Waals surface area contributed by atoms with Crippen LogP contribution in [0.4, 0.5) is 0 Å². The van der Waals surface area contributed by atoms with Crippen LogP contribution in [-0.4, -0.2) is 0 Å². The Balaban J connectivity index is 2.64. The molecule has 0 fully saturated rings. The minimum atomic E-state index is -0.280. The summed E-state index contributed by atoms with van der Waals surface area (Å²) in [6.45, 7) is 2.07. The zero-order valence-corrected chi connectivity index (χ0v) is 7.12. The average molecular weight is 164 g/mol. The van der Waals surface area contributed by atoms with Crippen molar-refractivity contribution in [1.29, 1.82) is 0 Å². The molecule has 0 aliphatic rings. The van der Waals surface area contributed by atoms with E-state index in [1.807, 2.05) is 12.2 Å². The van der Waals surface area contributed by atoms with E-state index in [2.05, 4.69) is 6.92 Å². The van der Waals surface area contributed by atoms with E-state index in [0.717, 1.165) is 6.42 Å². The van der Waals surface area contributed by atoms with Gasteiger partial charge < -0.3 is 4.42 Å². The summed E-state index contributed by atoms with van der Waals surface area (Å²) in [4.78, 5) is 10.7. The van der Waals surface area contributed by atoms with Crippen LogP contribution in [0.25, 0.3) is 0 Å². The predicted molar refractivity (Wildman–Crippen MR) is 48.1 cm³/mol. The Bertz CT molecular complexity index is 310. The minimum Gasteiger partial charge on any atom is -0.428 e. The van der Waals surface area contributed by atoms with Crippen LogP contribution in [0.3, 0.4) is 0 Å². The topological polar surface area (TPSA) is 30.2 Å². The predicted octanol–water partition coefficient (Wildman–Crippen LogP) is 2.15. The van der Waals surface area contributed by atoms with Crippen molar-refractivity contribution in [2.24, 2.45) is 0 Å². The van der Waals surface area contributed by atoms with Crippen LogP contribution in [0.1, 0.15) is 19.1 Å².